The molecule has 0 bridgehead atoms. The van der Waals surface area contributed by atoms with E-state index in [0.29, 0.717) is 24.6 Å². The first-order chi connectivity index (χ1) is 7.25. The number of unbranched alkanes of at least 4 members (excludes halogenated alkanes) is 3. The van der Waals surface area contributed by atoms with Crippen molar-refractivity contribution in [3.63, 3.8) is 0 Å². The molecule has 0 aromatic rings. The fourth-order valence-corrected chi connectivity index (χ4v) is 2.46. The highest BCUT2D eigenvalue weighted by Crippen LogP contribution is 2.19. The molecular formula is C10H16ClNO2S. The van der Waals surface area contributed by atoms with Crippen molar-refractivity contribution >= 4 is 34.5 Å². The van der Waals surface area contributed by atoms with Crippen molar-refractivity contribution in [2.45, 2.75) is 32.1 Å². The Labute approximate surface area is 99.5 Å². The van der Waals surface area contributed by atoms with Crippen molar-refractivity contribution in [1.82, 2.24) is 4.90 Å². The monoisotopic (exact) mass is 249 g/mol. The summed E-state index contributed by atoms with van der Waals surface area (Å²) < 4.78 is 0. The highest BCUT2D eigenvalue weighted by Gasteiger charge is 2.25. The zero-order valence-electron chi connectivity index (χ0n) is 8.71. The maximum absolute atomic E-state index is 11.4. The van der Waals surface area contributed by atoms with Crippen LogP contribution in [-0.4, -0.2) is 34.2 Å². The minimum absolute atomic E-state index is 0.0175. The maximum Gasteiger partial charge on any atom is 0.288 e. The Bertz CT molecular complexity index is 219. The van der Waals surface area contributed by atoms with Crippen LogP contribution in [-0.2, 0) is 4.79 Å². The number of carbonyl (C=O) groups is 2. The second-order valence-electron chi connectivity index (χ2n) is 3.51. The van der Waals surface area contributed by atoms with E-state index in [9.17, 15) is 9.59 Å². The summed E-state index contributed by atoms with van der Waals surface area (Å²) in [6, 6.07) is 0. The first-order valence-corrected chi connectivity index (χ1v) is 6.81. The van der Waals surface area contributed by atoms with Gasteiger partial charge >= 0.3 is 0 Å². The molecule has 5 heteroatoms. The number of nitrogens with zero attached hydrogens (tertiary/aromatic N) is 1. The van der Waals surface area contributed by atoms with E-state index in [2.05, 4.69) is 0 Å². The summed E-state index contributed by atoms with van der Waals surface area (Å²) >= 11 is 6.80. The first kappa shape index (κ1) is 12.8. The highest BCUT2D eigenvalue weighted by molar-refractivity contribution is 8.13. The molecule has 15 heavy (non-hydrogen) atoms. The first-order valence-electron chi connectivity index (χ1n) is 5.29. The van der Waals surface area contributed by atoms with E-state index in [-0.39, 0.29) is 11.1 Å². The number of halogens is 1. The minimum atomic E-state index is -0.0800. The third-order valence-corrected chi connectivity index (χ3v) is 3.47. The van der Waals surface area contributed by atoms with Gasteiger partial charge in [-0.15, -0.1) is 11.6 Å². The van der Waals surface area contributed by atoms with Gasteiger partial charge < -0.3 is 0 Å². The number of alkyl halides is 1. The van der Waals surface area contributed by atoms with E-state index < -0.39 is 0 Å². The minimum Gasteiger partial charge on any atom is -0.274 e. The fraction of sp³-hybridized carbons (Fsp3) is 0.800. The molecule has 0 aliphatic carbocycles. The lowest BCUT2D eigenvalue weighted by atomic mass is 10.2. The lowest BCUT2D eigenvalue weighted by molar-refractivity contribution is -0.127. The normalized spacial score (nSPS) is 17.3. The third kappa shape index (κ3) is 4.43. The molecule has 0 radical (unpaired) electrons. The van der Waals surface area contributed by atoms with Gasteiger partial charge in [0.2, 0.25) is 5.91 Å². The van der Waals surface area contributed by atoms with Crippen molar-refractivity contribution in [2.75, 3.05) is 18.2 Å². The molecule has 1 rings (SSSR count). The molecule has 1 heterocycles. The molecule has 3 nitrogen and oxygen atoms in total. The van der Waals surface area contributed by atoms with Gasteiger partial charge in [-0.25, -0.2) is 0 Å². The molecule has 0 aromatic carbocycles. The average Bonchev–Trinajstić information content (AvgIpc) is 2.21. The van der Waals surface area contributed by atoms with Gasteiger partial charge in [-0.2, -0.15) is 0 Å². The molecular weight excluding hydrogens is 234 g/mol. The predicted molar refractivity (Wildman–Crippen MR) is 63.4 cm³/mol. The van der Waals surface area contributed by atoms with Crippen molar-refractivity contribution in [3.8, 4) is 0 Å². The number of carbonyl (C=O) groups excluding carboxylic acids is 2. The summed E-state index contributed by atoms with van der Waals surface area (Å²) in [6.45, 7) is 0.576. The lowest BCUT2D eigenvalue weighted by Crippen LogP contribution is -2.38. The summed E-state index contributed by atoms with van der Waals surface area (Å²) in [6.07, 6.45) is 4.52. The van der Waals surface area contributed by atoms with E-state index in [4.69, 9.17) is 11.6 Å². The molecule has 1 aliphatic rings. The Balaban J connectivity index is 2.18. The quantitative estimate of drug-likeness (QED) is 0.537. The lowest BCUT2D eigenvalue weighted by Gasteiger charge is -2.23. The van der Waals surface area contributed by atoms with Crippen molar-refractivity contribution < 1.29 is 9.59 Å². The number of rotatable bonds is 6. The average molecular weight is 250 g/mol. The smallest absolute Gasteiger partial charge is 0.274 e. The second kappa shape index (κ2) is 7.12. The number of hydrogen-bond donors (Lipinski definition) is 0. The molecule has 0 aromatic heterocycles. The standard InChI is InChI=1S/C10H16ClNO2S/c11-6-3-1-2-4-7-12-9(13)5-8-15-10(12)14/h1-8H2. The summed E-state index contributed by atoms with van der Waals surface area (Å²) in [5, 5.41) is -0.0800. The van der Waals surface area contributed by atoms with E-state index in [1.54, 1.807) is 0 Å². The van der Waals surface area contributed by atoms with Crippen LogP contribution in [0.1, 0.15) is 32.1 Å². The third-order valence-electron chi connectivity index (χ3n) is 2.33. The molecule has 2 amide bonds. The van der Waals surface area contributed by atoms with E-state index >= 15 is 0 Å². The summed E-state index contributed by atoms with van der Waals surface area (Å²) in [4.78, 5) is 24.2. The molecule has 0 spiro atoms. The molecule has 86 valence electrons. The molecule has 0 atom stereocenters. The van der Waals surface area contributed by atoms with Crippen LogP contribution in [0, 0.1) is 0 Å². The van der Waals surface area contributed by atoms with Crippen LogP contribution >= 0.6 is 23.4 Å². The zero-order chi connectivity index (χ0) is 11.1. The van der Waals surface area contributed by atoms with E-state index in [0.717, 1.165) is 25.7 Å². The summed E-state index contributed by atoms with van der Waals surface area (Å²) in [5.74, 6) is 1.31. The number of imide groups is 1. The topological polar surface area (TPSA) is 37.4 Å². The second-order valence-corrected chi connectivity index (χ2v) is 4.94. The summed E-state index contributed by atoms with van der Waals surface area (Å²) in [7, 11) is 0. The van der Waals surface area contributed by atoms with Gasteiger partial charge in [0, 0.05) is 24.6 Å². The maximum atomic E-state index is 11.4. The largest absolute Gasteiger partial charge is 0.288 e. The summed E-state index contributed by atoms with van der Waals surface area (Å²) in [5.41, 5.74) is 0. The number of amides is 2. The zero-order valence-corrected chi connectivity index (χ0v) is 10.3. The molecule has 0 N–H and O–H groups in total. The van der Waals surface area contributed by atoms with Gasteiger partial charge in [-0.3, -0.25) is 14.5 Å². The number of thioether (sulfide) groups is 1. The highest BCUT2D eigenvalue weighted by atomic mass is 35.5. The molecule has 0 unspecified atom stereocenters. The SMILES string of the molecule is O=C1CCSC(=O)N1CCCCCCCl. The van der Waals surface area contributed by atoms with Crippen LogP contribution < -0.4 is 0 Å². The van der Waals surface area contributed by atoms with Gasteiger partial charge in [0.05, 0.1) is 0 Å². The van der Waals surface area contributed by atoms with Crippen LogP contribution in [0.3, 0.4) is 0 Å². The van der Waals surface area contributed by atoms with Gasteiger partial charge in [0.15, 0.2) is 0 Å². The van der Waals surface area contributed by atoms with Crippen LogP contribution in [0.5, 0.6) is 0 Å². The molecule has 1 saturated heterocycles. The molecule has 1 aliphatic heterocycles. The Morgan fingerprint density at radius 1 is 1.20 bits per heavy atom. The predicted octanol–water partition coefficient (Wildman–Crippen LogP) is 2.87. The van der Waals surface area contributed by atoms with Crippen LogP contribution in [0.2, 0.25) is 0 Å². The van der Waals surface area contributed by atoms with Gasteiger partial charge in [0.1, 0.15) is 0 Å². The van der Waals surface area contributed by atoms with Crippen molar-refractivity contribution in [3.05, 3.63) is 0 Å². The number of hydrogen-bond acceptors (Lipinski definition) is 3. The molecule has 0 saturated carbocycles. The van der Waals surface area contributed by atoms with Crippen LogP contribution in [0.15, 0.2) is 0 Å². The van der Waals surface area contributed by atoms with Crippen LogP contribution in [0.25, 0.3) is 0 Å². The van der Waals surface area contributed by atoms with E-state index in [1.807, 2.05) is 0 Å². The Kier molecular flexibility index (Phi) is 6.10. The Hall–Kier alpha value is -0.220. The fourth-order valence-electron chi connectivity index (χ4n) is 1.47. The van der Waals surface area contributed by atoms with E-state index in [1.165, 1.54) is 16.7 Å². The van der Waals surface area contributed by atoms with Crippen molar-refractivity contribution in [2.24, 2.45) is 0 Å². The van der Waals surface area contributed by atoms with Gasteiger partial charge in [-0.05, 0) is 12.8 Å². The van der Waals surface area contributed by atoms with Crippen LogP contribution in [0.4, 0.5) is 4.79 Å². The Morgan fingerprint density at radius 3 is 2.60 bits per heavy atom. The van der Waals surface area contributed by atoms with Gasteiger partial charge in [0.25, 0.3) is 5.24 Å². The molecule has 1 fully saturated rings. The van der Waals surface area contributed by atoms with Gasteiger partial charge in [-0.1, -0.05) is 24.6 Å². The Morgan fingerprint density at radius 2 is 1.93 bits per heavy atom. The van der Waals surface area contributed by atoms with Crippen molar-refractivity contribution in [1.29, 1.82) is 0 Å².